The summed E-state index contributed by atoms with van der Waals surface area (Å²) in [4.78, 5) is 13.3. The first-order valence-corrected chi connectivity index (χ1v) is 13.9. The molecule has 11 heteroatoms. The number of nitrogens with zero attached hydrogens (tertiary/aromatic N) is 3. The number of hydrogen-bond acceptors (Lipinski definition) is 4. The van der Waals surface area contributed by atoms with Gasteiger partial charge in [-0.15, -0.1) is 0 Å². The fraction of sp³-hybridized carbons (Fsp3) is 0.290. The Morgan fingerprint density at radius 2 is 1.88 bits per heavy atom. The van der Waals surface area contributed by atoms with E-state index in [4.69, 9.17) is 27.2 Å². The Bertz CT molecular complexity index is 1620. The summed E-state index contributed by atoms with van der Waals surface area (Å²) in [6, 6.07) is 15.9. The Labute approximate surface area is 247 Å². The Morgan fingerprint density at radius 1 is 1.14 bits per heavy atom. The molecule has 1 aliphatic heterocycles. The highest BCUT2D eigenvalue weighted by Crippen LogP contribution is 2.40. The number of para-hydroxylation sites is 1. The number of ether oxygens (including phenoxy) is 1. The van der Waals surface area contributed by atoms with Crippen LogP contribution in [0.15, 0.2) is 60.7 Å². The molecule has 4 aromatic rings. The van der Waals surface area contributed by atoms with E-state index in [0.29, 0.717) is 49.2 Å². The van der Waals surface area contributed by atoms with Crippen molar-refractivity contribution in [1.82, 2.24) is 9.78 Å². The average molecular weight is 598 g/mol. The Morgan fingerprint density at radius 3 is 2.52 bits per heavy atom. The fourth-order valence-electron chi connectivity index (χ4n) is 5.11. The van der Waals surface area contributed by atoms with Crippen LogP contribution in [0.3, 0.4) is 0 Å². The highest BCUT2D eigenvalue weighted by Gasteiger charge is 2.33. The van der Waals surface area contributed by atoms with Crippen molar-refractivity contribution in [2.45, 2.75) is 39.9 Å². The number of aromatic nitrogens is 2. The summed E-state index contributed by atoms with van der Waals surface area (Å²) < 4.78 is 48.0. The van der Waals surface area contributed by atoms with Gasteiger partial charge in [-0.3, -0.25) is 0 Å². The van der Waals surface area contributed by atoms with Crippen molar-refractivity contribution in [1.29, 1.82) is 0 Å². The van der Waals surface area contributed by atoms with E-state index in [0.717, 1.165) is 45.9 Å². The van der Waals surface area contributed by atoms with Crippen LogP contribution in [0.5, 0.6) is 5.75 Å². The van der Waals surface area contributed by atoms with Gasteiger partial charge in [-0.25, -0.2) is 9.48 Å². The highest BCUT2D eigenvalue weighted by molar-refractivity contribution is 6.33. The highest BCUT2D eigenvalue weighted by atomic mass is 35.5. The molecular weight excluding hydrogens is 567 g/mol. The van der Waals surface area contributed by atoms with E-state index in [1.54, 1.807) is 12.1 Å². The van der Waals surface area contributed by atoms with Crippen molar-refractivity contribution in [2.24, 2.45) is 11.7 Å². The van der Waals surface area contributed by atoms with Crippen LogP contribution in [0.4, 0.5) is 29.3 Å². The molecule has 220 valence electrons. The molecule has 0 fully saturated rings. The molecule has 0 radical (unpaired) electrons. The zero-order chi connectivity index (χ0) is 30.2. The number of nitrogens with two attached hydrogens (primary N) is 1. The van der Waals surface area contributed by atoms with Crippen LogP contribution in [-0.4, -0.2) is 29.0 Å². The molecule has 3 N–H and O–H groups in total. The summed E-state index contributed by atoms with van der Waals surface area (Å²) >= 11 is 6.39. The molecule has 2 amide bonds. The lowest BCUT2D eigenvalue weighted by Gasteiger charge is -2.30. The first-order chi connectivity index (χ1) is 19.9. The standard InChI is InChI=1S/C31H31ClF3N5O2/c1-18(2)17-42-27-6-4-5-19(3)28(27)40-29(20-7-10-22(11-8-20)37-30(36)41)23-16-39(14-13-25(23)38-40)26-12-9-21(15-24(26)32)31(33,34)35/h4-12,15,18H,13-14,16-17H2,1-3H3,(H3,36,37,41). The van der Waals surface area contributed by atoms with E-state index in [1.165, 1.54) is 6.07 Å². The topological polar surface area (TPSA) is 85.4 Å². The first-order valence-electron chi connectivity index (χ1n) is 13.5. The summed E-state index contributed by atoms with van der Waals surface area (Å²) in [5.74, 6) is 1.01. The molecule has 0 atom stereocenters. The second kappa shape index (κ2) is 11.6. The number of hydrogen-bond donors (Lipinski definition) is 2. The van der Waals surface area contributed by atoms with Gasteiger partial charge in [-0.2, -0.15) is 18.3 Å². The maximum Gasteiger partial charge on any atom is 0.416 e. The monoisotopic (exact) mass is 597 g/mol. The number of carbonyl (C=O) groups excluding carboxylic acids is 1. The van der Waals surface area contributed by atoms with E-state index < -0.39 is 17.8 Å². The number of primary amides is 1. The van der Waals surface area contributed by atoms with Crippen molar-refractivity contribution in [2.75, 3.05) is 23.4 Å². The lowest BCUT2D eigenvalue weighted by molar-refractivity contribution is -0.137. The molecule has 3 aromatic carbocycles. The second-order valence-electron chi connectivity index (χ2n) is 10.7. The van der Waals surface area contributed by atoms with Crippen LogP contribution in [0.25, 0.3) is 16.9 Å². The number of aryl methyl sites for hydroxylation is 1. The van der Waals surface area contributed by atoms with Crippen molar-refractivity contribution >= 4 is 29.0 Å². The summed E-state index contributed by atoms with van der Waals surface area (Å²) in [6.07, 6.45) is -3.92. The third kappa shape index (κ3) is 6.04. The zero-order valence-electron chi connectivity index (χ0n) is 23.4. The molecule has 0 aliphatic carbocycles. The minimum Gasteiger partial charge on any atom is -0.491 e. The smallest absolute Gasteiger partial charge is 0.416 e. The third-order valence-corrected chi connectivity index (χ3v) is 7.36. The maximum absolute atomic E-state index is 13.3. The molecule has 42 heavy (non-hydrogen) atoms. The van der Waals surface area contributed by atoms with E-state index in [2.05, 4.69) is 19.2 Å². The van der Waals surface area contributed by atoms with Gasteiger partial charge in [0.15, 0.2) is 0 Å². The number of rotatable bonds is 7. The van der Waals surface area contributed by atoms with Crippen LogP contribution in [0.1, 0.15) is 36.2 Å². The first kappa shape index (κ1) is 29.3. The molecule has 2 heterocycles. The van der Waals surface area contributed by atoms with Gasteiger partial charge in [0.1, 0.15) is 11.4 Å². The van der Waals surface area contributed by atoms with Gasteiger partial charge in [0.2, 0.25) is 0 Å². The molecule has 1 aromatic heterocycles. The van der Waals surface area contributed by atoms with Crippen LogP contribution >= 0.6 is 11.6 Å². The molecule has 7 nitrogen and oxygen atoms in total. The van der Waals surface area contributed by atoms with E-state index in [-0.39, 0.29) is 5.02 Å². The summed E-state index contributed by atoms with van der Waals surface area (Å²) in [6.45, 7) is 7.59. The van der Waals surface area contributed by atoms with Gasteiger partial charge >= 0.3 is 12.2 Å². The number of halogens is 4. The number of alkyl halides is 3. The SMILES string of the molecule is Cc1cccc(OCC(C)C)c1-n1nc2c(c1-c1ccc(NC(N)=O)cc1)CN(c1ccc(C(F)(F)F)cc1Cl)CC2. The zero-order valence-corrected chi connectivity index (χ0v) is 24.2. The van der Waals surface area contributed by atoms with Crippen molar-refractivity contribution < 1.29 is 22.7 Å². The summed E-state index contributed by atoms with van der Waals surface area (Å²) in [7, 11) is 0. The maximum atomic E-state index is 13.3. The number of anilines is 2. The fourth-order valence-corrected chi connectivity index (χ4v) is 5.41. The largest absolute Gasteiger partial charge is 0.491 e. The lowest BCUT2D eigenvalue weighted by atomic mass is 9.99. The Hall–Kier alpha value is -4.18. The molecule has 0 saturated carbocycles. The van der Waals surface area contributed by atoms with Gasteiger partial charge in [0.05, 0.1) is 34.3 Å². The average Bonchev–Trinajstić information content (AvgIpc) is 3.29. The summed E-state index contributed by atoms with van der Waals surface area (Å²) in [5.41, 5.74) is 10.8. The Balaban J connectivity index is 1.63. The lowest BCUT2D eigenvalue weighted by Crippen LogP contribution is -2.30. The van der Waals surface area contributed by atoms with Crippen LogP contribution in [-0.2, 0) is 19.1 Å². The van der Waals surface area contributed by atoms with Crippen molar-refractivity contribution in [3.63, 3.8) is 0 Å². The number of nitrogens with one attached hydrogen (secondary N) is 1. The molecule has 0 saturated heterocycles. The minimum atomic E-state index is -4.48. The molecule has 0 unspecified atom stereocenters. The predicted octanol–water partition coefficient (Wildman–Crippen LogP) is 7.61. The van der Waals surface area contributed by atoms with Crippen LogP contribution in [0.2, 0.25) is 5.02 Å². The van der Waals surface area contributed by atoms with Crippen molar-refractivity contribution in [3.8, 4) is 22.7 Å². The quantitative estimate of drug-likeness (QED) is 0.230. The van der Waals surface area contributed by atoms with Gasteiger partial charge in [-0.05, 0) is 54.8 Å². The van der Waals surface area contributed by atoms with E-state index in [1.807, 2.05) is 46.8 Å². The van der Waals surface area contributed by atoms with Gasteiger partial charge < -0.3 is 20.7 Å². The molecule has 5 rings (SSSR count). The molecular formula is C31H31ClF3N5O2. The van der Waals surface area contributed by atoms with Gasteiger partial charge in [0.25, 0.3) is 0 Å². The second-order valence-corrected chi connectivity index (χ2v) is 11.1. The van der Waals surface area contributed by atoms with Crippen LogP contribution in [0, 0.1) is 12.8 Å². The van der Waals surface area contributed by atoms with Gasteiger partial charge in [0, 0.05) is 36.3 Å². The number of carbonyl (C=O) groups is 1. The molecule has 0 spiro atoms. The number of fused-ring (bicyclic) bond motifs is 1. The summed E-state index contributed by atoms with van der Waals surface area (Å²) in [5, 5.41) is 7.66. The minimum absolute atomic E-state index is 0.0346. The van der Waals surface area contributed by atoms with Gasteiger partial charge in [-0.1, -0.05) is 49.7 Å². The Kier molecular flexibility index (Phi) is 8.10. The van der Waals surface area contributed by atoms with E-state index in [9.17, 15) is 18.0 Å². The number of benzene rings is 3. The number of amides is 2. The van der Waals surface area contributed by atoms with Crippen LogP contribution < -0.4 is 20.7 Å². The molecule has 0 bridgehead atoms. The van der Waals surface area contributed by atoms with Crippen molar-refractivity contribution in [3.05, 3.63) is 88.1 Å². The third-order valence-electron chi connectivity index (χ3n) is 7.06. The predicted molar refractivity (Wildman–Crippen MR) is 158 cm³/mol. The molecule has 1 aliphatic rings. The van der Waals surface area contributed by atoms with E-state index >= 15 is 0 Å². The normalized spacial score (nSPS) is 13.3. The number of urea groups is 1.